The van der Waals surface area contributed by atoms with Gasteiger partial charge in [-0.05, 0) is 31.9 Å². The van der Waals surface area contributed by atoms with Gasteiger partial charge in [0, 0.05) is 17.8 Å². The minimum Gasteiger partial charge on any atom is -0.507 e. The molecule has 0 aliphatic carbocycles. The molecule has 2 rings (SSSR count). The number of phenolic OH excluding ortho intramolecular Hbond substituents is 1. The number of fused-ring (bicyclic) bond motifs is 1. The van der Waals surface area contributed by atoms with Gasteiger partial charge in [0.1, 0.15) is 11.5 Å². The lowest BCUT2D eigenvalue weighted by Gasteiger charge is -2.25. The zero-order valence-electron chi connectivity index (χ0n) is 9.24. The third-order valence-electron chi connectivity index (χ3n) is 2.62. The Morgan fingerprint density at radius 1 is 1.40 bits per heavy atom. The van der Waals surface area contributed by atoms with E-state index in [4.69, 9.17) is 4.74 Å². The lowest BCUT2D eigenvalue weighted by Crippen LogP contribution is -2.24. The lowest BCUT2D eigenvalue weighted by molar-refractivity contribution is 0.405. The first-order chi connectivity index (χ1) is 7.02. The number of nitrogens with zero attached hydrogens (tertiary/aromatic N) is 1. The highest BCUT2D eigenvalue weighted by Gasteiger charge is 2.24. The molecule has 3 heteroatoms. The van der Waals surface area contributed by atoms with Crippen LogP contribution >= 0.6 is 0 Å². The minimum atomic E-state index is -0.0915. The van der Waals surface area contributed by atoms with Crippen LogP contribution < -0.4 is 4.74 Å². The standard InChI is InChI=1S/C12H15NO2/c1-12(2)6-8-4-9(15-3)5-11(14)10(8)7-13-12/h4-5,7,14H,6H2,1-3H3. The summed E-state index contributed by atoms with van der Waals surface area (Å²) in [5, 5.41) is 9.77. The summed E-state index contributed by atoms with van der Waals surface area (Å²) in [6, 6.07) is 3.57. The van der Waals surface area contributed by atoms with Gasteiger partial charge in [-0.2, -0.15) is 0 Å². The van der Waals surface area contributed by atoms with E-state index in [0.717, 1.165) is 17.5 Å². The molecule has 0 fully saturated rings. The van der Waals surface area contributed by atoms with Gasteiger partial charge in [-0.15, -0.1) is 0 Å². The Bertz CT molecular complexity index is 422. The Hall–Kier alpha value is -1.51. The fraction of sp³-hybridized carbons (Fsp3) is 0.417. The van der Waals surface area contributed by atoms with E-state index >= 15 is 0 Å². The quantitative estimate of drug-likeness (QED) is 0.763. The fourth-order valence-corrected chi connectivity index (χ4v) is 1.83. The van der Waals surface area contributed by atoms with Gasteiger partial charge in [0.15, 0.2) is 0 Å². The Labute approximate surface area is 89.4 Å². The van der Waals surface area contributed by atoms with Crippen LogP contribution in [0.25, 0.3) is 0 Å². The predicted molar refractivity (Wildman–Crippen MR) is 60.0 cm³/mol. The number of phenols is 1. The largest absolute Gasteiger partial charge is 0.507 e. The van der Waals surface area contributed by atoms with Crippen LogP contribution in [0.2, 0.25) is 0 Å². The van der Waals surface area contributed by atoms with Gasteiger partial charge in [-0.3, -0.25) is 4.99 Å². The molecule has 3 nitrogen and oxygen atoms in total. The maximum Gasteiger partial charge on any atom is 0.128 e. The molecule has 0 radical (unpaired) electrons. The van der Waals surface area contributed by atoms with Crippen molar-refractivity contribution in [2.75, 3.05) is 7.11 Å². The van der Waals surface area contributed by atoms with Gasteiger partial charge >= 0.3 is 0 Å². The molecule has 1 aliphatic rings. The molecule has 0 bridgehead atoms. The molecule has 1 aromatic rings. The van der Waals surface area contributed by atoms with Gasteiger partial charge in [-0.25, -0.2) is 0 Å². The van der Waals surface area contributed by atoms with Crippen molar-refractivity contribution in [1.29, 1.82) is 0 Å². The summed E-state index contributed by atoms with van der Waals surface area (Å²) in [4.78, 5) is 4.39. The molecule has 1 aromatic carbocycles. The molecular weight excluding hydrogens is 190 g/mol. The first-order valence-corrected chi connectivity index (χ1v) is 4.97. The van der Waals surface area contributed by atoms with Crippen molar-refractivity contribution in [3.8, 4) is 11.5 Å². The first-order valence-electron chi connectivity index (χ1n) is 4.97. The van der Waals surface area contributed by atoms with E-state index in [1.54, 1.807) is 19.4 Å². The van der Waals surface area contributed by atoms with Crippen molar-refractivity contribution in [3.05, 3.63) is 23.3 Å². The van der Waals surface area contributed by atoms with Crippen LogP contribution in [0, 0.1) is 0 Å². The van der Waals surface area contributed by atoms with E-state index in [-0.39, 0.29) is 11.3 Å². The van der Waals surface area contributed by atoms with E-state index in [1.807, 2.05) is 6.07 Å². The summed E-state index contributed by atoms with van der Waals surface area (Å²) < 4.78 is 5.12. The second-order valence-electron chi connectivity index (χ2n) is 4.47. The third-order valence-corrected chi connectivity index (χ3v) is 2.62. The van der Waals surface area contributed by atoms with E-state index in [2.05, 4.69) is 18.8 Å². The zero-order valence-corrected chi connectivity index (χ0v) is 9.24. The number of methoxy groups -OCH3 is 1. The summed E-state index contributed by atoms with van der Waals surface area (Å²) in [6.07, 6.45) is 2.57. The van der Waals surface area contributed by atoms with E-state index in [9.17, 15) is 5.11 Å². The van der Waals surface area contributed by atoms with Gasteiger partial charge in [0.25, 0.3) is 0 Å². The number of benzene rings is 1. The molecule has 0 spiro atoms. The predicted octanol–water partition coefficient (Wildman–Crippen LogP) is 2.15. The lowest BCUT2D eigenvalue weighted by atomic mass is 9.89. The zero-order chi connectivity index (χ0) is 11.1. The smallest absolute Gasteiger partial charge is 0.128 e. The average molecular weight is 205 g/mol. The highest BCUT2D eigenvalue weighted by atomic mass is 16.5. The first kappa shape index (κ1) is 10.0. The summed E-state index contributed by atoms with van der Waals surface area (Å²) in [6.45, 7) is 4.14. The Morgan fingerprint density at radius 3 is 2.80 bits per heavy atom. The van der Waals surface area contributed by atoms with Crippen molar-refractivity contribution in [3.63, 3.8) is 0 Å². The summed E-state index contributed by atoms with van der Waals surface area (Å²) in [7, 11) is 1.60. The van der Waals surface area contributed by atoms with Crippen LogP contribution in [0.15, 0.2) is 17.1 Å². The van der Waals surface area contributed by atoms with Crippen LogP contribution in [0.4, 0.5) is 0 Å². The summed E-state index contributed by atoms with van der Waals surface area (Å²) >= 11 is 0. The van der Waals surface area contributed by atoms with Crippen molar-refractivity contribution in [2.24, 2.45) is 4.99 Å². The van der Waals surface area contributed by atoms with E-state index < -0.39 is 0 Å². The molecule has 0 atom stereocenters. The van der Waals surface area contributed by atoms with Crippen molar-refractivity contribution < 1.29 is 9.84 Å². The van der Waals surface area contributed by atoms with Gasteiger partial charge in [0.05, 0.1) is 12.6 Å². The van der Waals surface area contributed by atoms with Crippen molar-refractivity contribution in [1.82, 2.24) is 0 Å². The van der Waals surface area contributed by atoms with Crippen molar-refractivity contribution in [2.45, 2.75) is 25.8 Å². The van der Waals surface area contributed by atoms with Gasteiger partial charge < -0.3 is 9.84 Å². The third kappa shape index (κ3) is 1.82. The van der Waals surface area contributed by atoms with Crippen LogP contribution in [-0.2, 0) is 6.42 Å². The van der Waals surface area contributed by atoms with Crippen LogP contribution in [0.5, 0.6) is 11.5 Å². The minimum absolute atomic E-state index is 0.0915. The molecule has 0 saturated heterocycles. The Morgan fingerprint density at radius 2 is 2.13 bits per heavy atom. The van der Waals surface area contributed by atoms with Gasteiger partial charge in [-0.1, -0.05) is 0 Å². The summed E-state index contributed by atoms with van der Waals surface area (Å²) in [5.41, 5.74) is 1.81. The normalized spacial score (nSPS) is 17.3. The number of aromatic hydroxyl groups is 1. The second-order valence-corrected chi connectivity index (χ2v) is 4.47. The molecule has 80 valence electrons. The van der Waals surface area contributed by atoms with Gasteiger partial charge in [0.2, 0.25) is 0 Å². The molecule has 0 saturated carbocycles. The molecule has 1 aliphatic heterocycles. The highest BCUT2D eigenvalue weighted by Crippen LogP contribution is 2.32. The molecular formula is C12H15NO2. The average Bonchev–Trinajstić information content (AvgIpc) is 2.15. The second kappa shape index (κ2) is 3.26. The number of rotatable bonds is 1. The number of aliphatic imine (C=N–C) groups is 1. The SMILES string of the molecule is COc1cc(O)c2c(c1)CC(C)(C)N=C2. The van der Waals surface area contributed by atoms with E-state index in [1.165, 1.54) is 0 Å². The molecule has 0 amide bonds. The Kier molecular flexibility index (Phi) is 2.18. The number of ether oxygens (including phenoxy) is 1. The van der Waals surface area contributed by atoms with Crippen LogP contribution in [0.1, 0.15) is 25.0 Å². The summed E-state index contributed by atoms with van der Waals surface area (Å²) in [5.74, 6) is 0.931. The molecule has 1 N–H and O–H groups in total. The molecule has 15 heavy (non-hydrogen) atoms. The van der Waals surface area contributed by atoms with Crippen molar-refractivity contribution >= 4 is 6.21 Å². The highest BCUT2D eigenvalue weighted by molar-refractivity contribution is 5.87. The number of hydrogen-bond donors (Lipinski definition) is 1. The van der Waals surface area contributed by atoms with E-state index in [0.29, 0.717) is 5.75 Å². The monoisotopic (exact) mass is 205 g/mol. The van der Waals surface area contributed by atoms with Crippen LogP contribution in [-0.4, -0.2) is 24.0 Å². The molecule has 0 aromatic heterocycles. The molecule has 0 unspecified atom stereocenters. The topological polar surface area (TPSA) is 41.8 Å². The Balaban J connectivity index is 2.52. The maximum absolute atomic E-state index is 9.77. The fourth-order valence-electron chi connectivity index (χ4n) is 1.83. The maximum atomic E-state index is 9.77. The van der Waals surface area contributed by atoms with Crippen LogP contribution in [0.3, 0.4) is 0 Å². The number of hydrogen-bond acceptors (Lipinski definition) is 3. The molecule has 1 heterocycles.